The summed E-state index contributed by atoms with van der Waals surface area (Å²) in [7, 11) is 1.50. The van der Waals surface area contributed by atoms with E-state index < -0.39 is 17.5 Å². The number of fused-ring (bicyclic) bond motifs is 2. The van der Waals surface area contributed by atoms with Crippen LogP contribution in [-0.2, 0) is 4.79 Å². The number of ketones is 1. The Kier molecular flexibility index (Phi) is 1.79. The number of methoxy groups -OCH3 is 1. The Labute approximate surface area is 97.0 Å². The van der Waals surface area contributed by atoms with Crippen LogP contribution < -0.4 is 9.47 Å². The third-order valence-electron chi connectivity index (χ3n) is 3.33. The van der Waals surface area contributed by atoms with Gasteiger partial charge in [0, 0.05) is 12.5 Å². The van der Waals surface area contributed by atoms with Crippen molar-refractivity contribution in [3.05, 3.63) is 23.8 Å². The second-order valence-electron chi connectivity index (χ2n) is 4.28. The molecule has 1 aromatic rings. The number of Topliss-reactive ketones (excluding diaryl/α,β-unsaturated/α-hetero) is 1. The first-order valence-electron chi connectivity index (χ1n) is 5.23. The molecular weight excluding hydrogens is 224 g/mol. The molecule has 3 rings (SSSR count). The SMILES string of the molecule is COc1ccc2c(c1)O[C@@]1(C(=O)O)C[C@@H]1C2=O. The Balaban J connectivity index is 2.08. The summed E-state index contributed by atoms with van der Waals surface area (Å²) in [6.45, 7) is 0. The van der Waals surface area contributed by atoms with Crippen LogP contribution in [0.2, 0.25) is 0 Å². The highest BCUT2D eigenvalue weighted by atomic mass is 16.5. The Morgan fingerprint density at radius 2 is 2.35 bits per heavy atom. The first-order valence-corrected chi connectivity index (χ1v) is 5.23. The largest absolute Gasteiger partial charge is 0.497 e. The summed E-state index contributed by atoms with van der Waals surface area (Å²) in [5.41, 5.74) is -0.902. The zero-order valence-electron chi connectivity index (χ0n) is 9.10. The summed E-state index contributed by atoms with van der Waals surface area (Å²) in [6.07, 6.45) is 0.248. The molecule has 2 aliphatic rings. The quantitative estimate of drug-likeness (QED) is 0.829. The van der Waals surface area contributed by atoms with Crippen LogP contribution in [0, 0.1) is 5.92 Å². The van der Waals surface area contributed by atoms with E-state index in [2.05, 4.69) is 0 Å². The number of hydrogen-bond donors (Lipinski definition) is 1. The third-order valence-corrected chi connectivity index (χ3v) is 3.33. The van der Waals surface area contributed by atoms with E-state index in [1.165, 1.54) is 7.11 Å². The van der Waals surface area contributed by atoms with Crippen LogP contribution in [0.25, 0.3) is 0 Å². The molecule has 1 aromatic carbocycles. The van der Waals surface area contributed by atoms with Crippen molar-refractivity contribution in [1.29, 1.82) is 0 Å². The van der Waals surface area contributed by atoms with E-state index in [-0.39, 0.29) is 12.2 Å². The Morgan fingerprint density at radius 1 is 1.59 bits per heavy atom. The molecule has 1 heterocycles. The Morgan fingerprint density at radius 3 is 3.00 bits per heavy atom. The van der Waals surface area contributed by atoms with Gasteiger partial charge < -0.3 is 14.6 Å². The highest BCUT2D eigenvalue weighted by molar-refractivity contribution is 6.09. The number of aliphatic carboxylic acids is 1. The molecule has 17 heavy (non-hydrogen) atoms. The van der Waals surface area contributed by atoms with Gasteiger partial charge in [0.05, 0.1) is 18.6 Å². The van der Waals surface area contributed by atoms with Crippen LogP contribution >= 0.6 is 0 Å². The minimum absolute atomic E-state index is 0.156. The summed E-state index contributed by atoms with van der Waals surface area (Å²) in [5, 5.41) is 9.10. The van der Waals surface area contributed by atoms with E-state index in [9.17, 15) is 9.59 Å². The van der Waals surface area contributed by atoms with Gasteiger partial charge in [-0.2, -0.15) is 0 Å². The molecule has 5 heteroatoms. The van der Waals surface area contributed by atoms with Gasteiger partial charge in [-0.3, -0.25) is 4.79 Å². The van der Waals surface area contributed by atoms with E-state index in [1.54, 1.807) is 18.2 Å². The molecule has 1 fully saturated rings. The highest BCUT2D eigenvalue weighted by Crippen LogP contribution is 2.54. The fraction of sp³-hybridized carbons (Fsp3) is 0.333. The van der Waals surface area contributed by atoms with E-state index >= 15 is 0 Å². The molecule has 1 aliphatic carbocycles. The molecule has 0 bridgehead atoms. The maximum Gasteiger partial charge on any atom is 0.348 e. The summed E-state index contributed by atoms with van der Waals surface area (Å²) in [4.78, 5) is 23.1. The minimum Gasteiger partial charge on any atom is -0.497 e. The smallest absolute Gasteiger partial charge is 0.348 e. The molecule has 88 valence electrons. The number of carboxylic acids is 1. The predicted molar refractivity (Wildman–Crippen MR) is 56.4 cm³/mol. The Bertz CT molecular complexity index is 536. The van der Waals surface area contributed by atoms with Crippen molar-refractivity contribution in [1.82, 2.24) is 0 Å². The first-order chi connectivity index (χ1) is 8.08. The molecule has 0 unspecified atom stereocenters. The van der Waals surface area contributed by atoms with Crippen molar-refractivity contribution < 1.29 is 24.2 Å². The van der Waals surface area contributed by atoms with E-state index in [4.69, 9.17) is 14.6 Å². The van der Waals surface area contributed by atoms with Gasteiger partial charge in [0.1, 0.15) is 11.5 Å². The molecule has 0 radical (unpaired) electrons. The van der Waals surface area contributed by atoms with Gasteiger partial charge in [-0.05, 0) is 12.1 Å². The van der Waals surface area contributed by atoms with Gasteiger partial charge in [-0.15, -0.1) is 0 Å². The molecule has 1 N–H and O–H groups in total. The molecule has 0 aromatic heterocycles. The van der Waals surface area contributed by atoms with Crippen LogP contribution in [0.1, 0.15) is 16.8 Å². The van der Waals surface area contributed by atoms with Crippen LogP contribution in [0.15, 0.2) is 18.2 Å². The number of carbonyl (C=O) groups excluding carboxylic acids is 1. The first kappa shape index (κ1) is 10.1. The number of rotatable bonds is 2. The van der Waals surface area contributed by atoms with Crippen LogP contribution in [0.4, 0.5) is 0 Å². The predicted octanol–water partition coefficient (Wildman–Crippen LogP) is 1.11. The fourth-order valence-corrected chi connectivity index (χ4v) is 2.24. The fourth-order valence-electron chi connectivity index (χ4n) is 2.24. The van der Waals surface area contributed by atoms with E-state index in [0.29, 0.717) is 17.1 Å². The summed E-state index contributed by atoms with van der Waals surface area (Å²) < 4.78 is 10.5. The zero-order chi connectivity index (χ0) is 12.2. The van der Waals surface area contributed by atoms with E-state index in [0.717, 1.165) is 0 Å². The number of ether oxygens (including phenoxy) is 2. The monoisotopic (exact) mass is 234 g/mol. The summed E-state index contributed by atoms with van der Waals surface area (Å²) in [6, 6.07) is 4.82. The molecular formula is C12H10O5. The Hall–Kier alpha value is -2.04. The average Bonchev–Trinajstić information content (AvgIpc) is 3.05. The maximum atomic E-state index is 12.0. The van der Waals surface area contributed by atoms with Crippen molar-refractivity contribution >= 4 is 11.8 Å². The van der Waals surface area contributed by atoms with Gasteiger partial charge in [-0.1, -0.05) is 0 Å². The van der Waals surface area contributed by atoms with Gasteiger partial charge in [-0.25, -0.2) is 4.79 Å². The van der Waals surface area contributed by atoms with Crippen molar-refractivity contribution in [2.24, 2.45) is 5.92 Å². The van der Waals surface area contributed by atoms with Crippen molar-refractivity contribution in [3.63, 3.8) is 0 Å². The molecule has 0 saturated heterocycles. The standard InChI is InChI=1S/C12H10O5/c1-16-6-2-3-7-9(4-6)17-12(11(14)15)5-8(12)10(7)13/h2-4,8H,5H2,1H3,(H,14,15)/t8-,12+/m1/s1. The number of hydrogen-bond acceptors (Lipinski definition) is 4. The second-order valence-corrected chi connectivity index (χ2v) is 4.28. The van der Waals surface area contributed by atoms with Gasteiger partial charge in [0.25, 0.3) is 0 Å². The summed E-state index contributed by atoms with van der Waals surface area (Å²) >= 11 is 0. The lowest BCUT2D eigenvalue weighted by Crippen LogP contribution is -2.37. The van der Waals surface area contributed by atoms with Crippen LogP contribution in [0.3, 0.4) is 0 Å². The van der Waals surface area contributed by atoms with Gasteiger partial charge in [0.2, 0.25) is 5.60 Å². The summed E-state index contributed by atoms with van der Waals surface area (Å²) in [5.74, 6) is -0.941. The van der Waals surface area contributed by atoms with Crippen LogP contribution in [0.5, 0.6) is 11.5 Å². The number of carboxylic acid groups (broad SMARTS) is 1. The zero-order valence-corrected chi connectivity index (χ0v) is 9.10. The number of carbonyl (C=O) groups is 2. The van der Waals surface area contributed by atoms with Crippen molar-refractivity contribution in [2.45, 2.75) is 12.0 Å². The molecule has 0 spiro atoms. The minimum atomic E-state index is -1.34. The normalized spacial score (nSPS) is 28.8. The van der Waals surface area contributed by atoms with Crippen LogP contribution in [-0.4, -0.2) is 29.6 Å². The highest BCUT2D eigenvalue weighted by Gasteiger charge is 2.69. The number of benzene rings is 1. The molecule has 1 saturated carbocycles. The topological polar surface area (TPSA) is 72.8 Å². The molecule has 1 aliphatic heterocycles. The lowest BCUT2D eigenvalue weighted by atomic mass is 10.0. The molecule has 2 atom stereocenters. The third kappa shape index (κ3) is 1.19. The van der Waals surface area contributed by atoms with Crippen molar-refractivity contribution in [2.75, 3.05) is 7.11 Å². The van der Waals surface area contributed by atoms with Gasteiger partial charge in [0.15, 0.2) is 5.78 Å². The lowest BCUT2D eigenvalue weighted by Gasteiger charge is -2.22. The van der Waals surface area contributed by atoms with Gasteiger partial charge >= 0.3 is 5.97 Å². The van der Waals surface area contributed by atoms with Crippen molar-refractivity contribution in [3.8, 4) is 11.5 Å². The maximum absolute atomic E-state index is 12.0. The second kappa shape index (κ2) is 3.00. The van der Waals surface area contributed by atoms with E-state index in [1.807, 2.05) is 0 Å². The molecule has 5 nitrogen and oxygen atoms in total. The average molecular weight is 234 g/mol. The molecule has 0 amide bonds. The lowest BCUT2D eigenvalue weighted by molar-refractivity contribution is -0.148.